The lowest BCUT2D eigenvalue weighted by atomic mass is 9.90. The average molecular weight is 280 g/mol. The number of para-hydroxylation sites is 1. The number of hydrogen-bond donors (Lipinski definition) is 2. The summed E-state index contributed by atoms with van der Waals surface area (Å²) in [6, 6.07) is 5.97. The molecule has 0 atom stereocenters. The number of halogens is 1. The summed E-state index contributed by atoms with van der Waals surface area (Å²) >= 11 is 0. The maximum absolute atomic E-state index is 14.3. The molecule has 1 fully saturated rings. The molecule has 2 rings (SSSR count). The van der Waals surface area contributed by atoms with Crippen molar-refractivity contribution in [2.75, 3.05) is 18.1 Å². The van der Waals surface area contributed by atoms with E-state index in [9.17, 15) is 9.50 Å². The molecule has 0 spiro atoms. The van der Waals surface area contributed by atoms with Gasteiger partial charge in [-0.1, -0.05) is 26.0 Å². The van der Waals surface area contributed by atoms with Crippen molar-refractivity contribution in [1.82, 2.24) is 5.32 Å². The van der Waals surface area contributed by atoms with Crippen LogP contribution in [0.3, 0.4) is 0 Å². The molecule has 0 unspecified atom stereocenters. The Bertz CT molecular complexity index is 432. The molecule has 0 aliphatic heterocycles. The van der Waals surface area contributed by atoms with Gasteiger partial charge < -0.3 is 15.3 Å². The Morgan fingerprint density at radius 2 is 2.15 bits per heavy atom. The minimum Gasteiger partial charge on any atom is -0.395 e. The van der Waals surface area contributed by atoms with Crippen molar-refractivity contribution in [3.63, 3.8) is 0 Å². The largest absolute Gasteiger partial charge is 0.395 e. The second-order valence-corrected chi connectivity index (χ2v) is 5.78. The predicted octanol–water partition coefficient (Wildman–Crippen LogP) is 2.67. The monoisotopic (exact) mass is 280 g/mol. The highest BCUT2D eigenvalue weighted by Gasteiger charge is 2.28. The molecule has 1 saturated carbocycles. The third kappa shape index (κ3) is 3.49. The van der Waals surface area contributed by atoms with Gasteiger partial charge in [0.05, 0.1) is 12.3 Å². The van der Waals surface area contributed by atoms with E-state index in [1.165, 1.54) is 12.5 Å². The van der Waals surface area contributed by atoms with E-state index < -0.39 is 0 Å². The first-order valence-corrected chi connectivity index (χ1v) is 7.51. The summed E-state index contributed by atoms with van der Waals surface area (Å²) in [5.74, 6) is -0.187. The van der Waals surface area contributed by atoms with Crippen LogP contribution in [0.2, 0.25) is 0 Å². The van der Waals surface area contributed by atoms with E-state index in [0.29, 0.717) is 30.9 Å². The lowest BCUT2D eigenvalue weighted by molar-refractivity contribution is 0.282. The Morgan fingerprint density at radius 1 is 1.40 bits per heavy atom. The van der Waals surface area contributed by atoms with Gasteiger partial charge in [-0.25, -0.2) is 4.39 Å². The molecule has 0 bridgehead atoms. The number of aliphatic hydroxyl groups is 1. The van der Waals surface area contributed by atoms with Gasteiger partial charge in [0.25, 0.3) is 0 Å². The Hall–Kier alpha value is -1.13. The molecule has 2 N–H and O–H groups in total. The van der Waals surface area contributed by atoms with Crippen LogP contribution in [0.5, 0.6) is 0 Å². The van der Waals surface area contributed by atoms with Crippen LogP contribution < -0.4 is 10.2 Å². The van der Waals surface area contributed by atoms with Crippen molar-refractivity contribution in [3.05, 3.63) is 29.6 Å². The van der Waals surface area contributed by atoms with Gasteiger partial charge in [0, 0.05) is 25.2 Å². The molecule has 3 nitrogen and oxygen atoms in total. The fourth-order valence-corrected chi connectivity index (χ4v) is 2.62. The average Bonchev–Trinajstić information content (AvgIpc) is 2.34. The quantitative estimate of drug-likeness (QED) is 0.806. The van der Waals surface area contributed by atoms with Crippen LogP contribution in [0.4, 0.5) is 10.1 Å². The number of hydrogen-bond acceptors (Lipinski definition) is 3. The van der Waals surface area contributed by atoms with Crippen LogP contribution in [0, 0.1) is 5.82 Å². The molecule has 4 heteroatoms. The first-order valence-electron chi connectivity index (χ1n) is 7.51. The molecule has 0 saturated heterocycles. The second-order valence-electron chi connectivity index (χ2n) is 5.78. The predicted molar refractivity (Wildman–Crippen MR) is 80.4 cm³/mol. The number of aliphatic hydroxyl groups excluding tert-OH is 1. The maximum atomic E-state index is 14.3. The second kappa shape index (κ2) is 7.04. The molecule has 1 aliphatic carbocycles. The molecule has 0 heterocycles. The van der Waals surface area contributed by atoms with Gasteiger partial charge >= 0.3 is 0 Å². The van der Waals surface area contributed by atoms with Crippen LogP contribution in [-0.4, -0.2) is 30.3 Å². The Kier molecular flexibility index (Phi) is 5.38. The highest BCUT2D eigenvalue weighted by atomic mass is 19.1. The lowest BCUT2D eigenvalue weighted by Gasteiger charge is -2.40. The standard InChI is InChI=1S/C16H25FN2O/c1-12(2)18-11-13-5-3-8-15(17)16(13)19(9-10-20)14-6-4-7-14/h3,5,8,12,14,18,20H,4,6-7,9-11H2,1-2H3. The van der Waals surface area contributed by atoms with Crippen molar-refractivity contribution >= 4 is 5.69 Å². The molecular formula is C16H25FN2O. The zero-order valence-corrected chi connectivity index (χ0v) is 12.4. The van der Waals surface area contributed by atoms with Gasteiger partial charge in [-0.15, -0.1) is 0 Å². The van der Waals surface area contributed by atoms with Crippen molar-refractivity contribution in [3.8, 4) is 0 Å². The van der Waals surface area contributed by atoms with Crippen molar-refractivity contribution in [1.29, 1.82) is 0 Å². The highest BCUT2D eigenvalue weighted by molar-refractivity contribution is 5.56. The molecule has 0 aromatic heterocycles. The first kappa shape index (κ1) is 15.3. The smallest absolute Gasteiger partial charge is 0.146 e. The zero-order chi connectivity index (χ0) is 14.5. The summed E-state index contributed by atoms with van der Waals surface area (Å²) in [4.78, 5) is 2.05. The lowest BCUT2D eigenvalue weighted by Crippen LogP contribution is -2.43. The van der Waals surface area contributed by atoms with E-state index >= 15 is 0 Å². The van der Waals surface area contributed by atoms with Gasteiger partial charge in [0.2, 0.25) is 0 Å². The van der Waals surface area contributed by atoms with Crippen molar-refractivity contribution in [2.45, 2.75) is 51.7 Å². The Balaban J connectivity index is 2.25. The molecule has 0 radical (unpaired) electrons. The summed E-state index contributed by atoms with van der Waals surface area (Å²) in [7, 11) is 0. The Morgan fingerprint density at radius 3 is 2.70 bits per heavy atom. The molecule has 1 aromatic rings. The number of rotatable bonds is 7. The van der Waals surface area contributed by atoms with E-state index in [0.717, 1.165) is 18.4 Å². The molecule has 20 heavy (non-hydrogen) atoms. The minimum absolute atomic E-state index is 0.0574. The van der Waals surface area contributed by atoms with Gasteiger partial charge in [-0.05, 0) is 30.9 Å². The normalized spacial score (nSPS) is 15.4. The van der Waals surface area contributed by atoms with Crippen LogP contribution in [0.1, 0.15) is 38.7 Å². The van der Waals surface area contributed by atoms with Crippen LogP contribution in [0.25, 0.3) is 0 Å². The summed E-state index contributed by atoms with van der Waals surface area (Å²) in [5, 5.41) is 12.6. The Labute approximate surface area is 120 Å². The third-order valence-corrected chi connectivity index (χ3v) is 3.91. The first-order chi connectivity index (χ1) is 9.63. The maximum Gasteiger partial charge on any atom is 0.146 e. The minimum atomic E-state index is -0.187. The summed E-state index contributed by atoms with van der Waals surface area (Å²) in [6.07, 6.45) is 3.37. The highest BCUT2D eigenvalue weighted by Crippen LogP contribution is 2.33. The molecule has 1 aromatic carbocycles. The number of anilines is 1. The topological polar surface area (TPSA) is 35.5 Å². The van der Waals surface area contributed by atoms with E-state index in [1.54, 1.807) is 6.07 Å². The van der Waals surface area contributed by atoms with Crippen molar-refractivity contribution < 1.29 is 9.50 Å². The number of nitrogens with one attached hydrogen (secondary N) is 1. The number of benzene rings is 1. The summed E-state index contributed by atoms with van der Waals surface area (Å²) in [5.41, 5.74) is 1.64. The molecule has 112 valence electrons. The molecule has 0 amide bonds. The zero-order valence-electron chi connectivity index (χ0n) is 12.4. The van der Waals surface area contributed by atoms with Gasteiger partial charge in [0.1, 0.15) is 5.82 Å². The fraction of sp³-hybridized carbons (Fsp3) is 0.625. The third-order valence-electron chi connectivity index (χ3n) is 3.91. The molecule has 1 aliphatic rings. The van der Waals surface area contributed by atoms with Crippen LogP contribution in [-0.2, 0) is 6.54 Å². The van der Waals surface area contributed by atoms with E-state index in [-0.39, 0.29) is 12.4 Å². The summed E-state index contributed by atoms with van der Waals surface area (Å²) in [6.45, 7) is 5.37. The van der Waals surface area contributed by atoms with Gasteiger partial charge in [-0.2, -0.15) is 0 Å². The van der Waals surface area contributed by atoms with E-state index in [2.05, 4.69) is 24.1 Å². The van der Waals surface area contributed by atoms with E-state index in [4.69, 9.17) is 0 Å². The van der Waals surface area contributed by atoms with Gasteiger partial charge in [-0.3, -0.25) is 0 Å². The van der Waals surface area contributed by atoms with Crippen LogP contribution in [0.15, 0.2) is 18.2 Å². The molecular weight excluding hydrogens is 255 g/mol. The SMILES string of the molecule is CC(C)NCc1cccc(F)c1N(CCO)C1CCC1. The van der Waals surface area contributed by atoms with Gasteiger partial charge in [0.15, 0.2) is 0 Å². The van der Waals surface area contributed by atoms with E-state index in [1.807, 2.05) is 6.07 Å². The fourth-order valence-electron chi connectivity index (χ4n) is 2.62. The van der Waals surface area contributed by atoms with Crippen molar-refractivity contribution in [2.24, 2.45) is 0 Å². The summed E-state index contributed by atoms with van der Waals surface area (Å²) < 4.78 is 14.3. The number of nitrogens with zero attached hydrogens (tertiary/aromatic N) is 1. The van der Waals surface area contributed by atoms with Crippen LogP contribution >= 0.6 is 0 Å².